The Hall–Kier alpha value is -3.86. The summed E-state index contributed by atoms with van der Waals surface area (Å²) in [4.78, 5) is 9.40. The van der Waals surface area contributed by atoms with Crippen LogP contribution in [0, 0.1) is 0 Å². The van der Waals surface area contributed by atoms with Crippen LogP contribution in [0.2, 0.25) is 0 Å². The van der Waals surface area contributed by atoms with Gasteiger partial charge in [-0.25, -0.2) is 9.97 Å². The fourth-order valence-corrected chi connectivity index (χ4v) is 3.94. The Balaban J connectivity index is 1.70. The molecule has 5 heteroatoms. The Morgan fingerprint density at radius 3 is 2.74 bits per heavy atom. The first-order chi connectivity index (χ1) is 15.3. The van der Waals surface area contributed by atoms with Crippen LogP contribution in [0.15, 0.2) is 79.1 Å². The maximum Gasteiger partial charge on any atom is 0.150 e. The lowest BCUT2D eigenvalue weighted by molar-refractivity contribution is 0.309. The van der Waals surface area contributed by atoms with Crippen LogP contribution in [0.25, 0.3) is 38.9 Å². The molecule has 0 aliphatic carbocycles. The first kappa shape index (κ1) is 19.1. The lowest BCUT2D eigenvalue weighted by Crippen LogP contribution is -1.97. The summed E-state index contributed by atoms with van der Waals surface area (Å²) >= 11 is 0. The van der Waals surface area contributed by atoms with E-state index in [1.165, 1.54) is 5.39 Å². The number of anilines is 1. The van der Waals surface area contributed by atoms with Gasteiger partial charge >= 0.3 is 0 Å². The topological polar surface area (TPSA) is 65.4 Å². The van der Waals surface area contributed by atoms with E-state index < -0.39 is 0 Å². The molecule has 0 aliphatic rings. The minimum absolute atomic E-state index is 0.453. The number of benzene rings is 3. The van der Waals surface area contributed by atoms with E-state index in [0.29, 0.717) is 12.4 Å². The highest BCUT2D eigenvalue weighted by Crippen LogP contribution is 2.35. The molecular formula is C26H24N4O. The van der Waals surface area contributed by atoms with Crippen LogP contribution in [0.3, 0.4) is 0 Å². The first-order valence-electron chi connectivity index (χ1n) is 10.6. The van der Waals surface area contributed by atoms with Crippen molar-refractivity contribution in [2.45, 2.75) is 19.8 Å². The van der Waals surface area contributed by atoms with E-state index in [2.05, 4.69) is 48.3 Å². The van der Waals surface area contributed by atoms with Crippen molar-refractivity contribution in [2.75, 3.05) is 12.3 Å². The number of nitrogen functional groups attached to an aromatic ring is 1. The van der Waals surface area contributed by atoms with Crippen molar-refractivity contribution < 1.29 is 4.74 Å². The number of aromatic nitrogens is 3. The molecule has 0 bridgehead atoms. The highest BCUT2D eigenvalue weighted by molar-refractivity contribution is 5.97. The highest BCUT2D eigenvalue weighted by atomic mass is 16.5. The summed E-state index contributed by atoms with van der Waals surface area (Å²) in [5, 5.41) is 2.32. The van der Waals surface area contributed by atoms with Crippen molar-refractivity contribution in [1.29, 1.82) is 0 Å². The average Bonchev–Trinajstić information content (AvgIpc) is 3.20. The van der Waals surface area contributed by atoms with Crippen molar-refractivity contribution in [3.63, 3.8) is 0 Å². The van der Waals surface area contributed by atoms with Crippen molar-refractivity contribution in [2.24, 2.45) is 0 Å². The number of nitrogens with two attached hydrogens (primary N) is 1. The molecule has 2 aromatic heterocycles. The third-order valence-electron chi connectivity index (χ3n) is 5.49. The minimum Gasteiger partial charge on any atom is -0.494 e. The average molecular weight is 409 g/mol. The first-order valence-corrected chi connectivity index (χ1v) is 10.6. The zero-order valence-electron chi connectivity index (χ0n) is 17.5. The number of nitrogens with zero attached hydrogens (tertiary/aromatic N) is 3. The molecule has 0 atom stereocenters. The fraction of sp³-hybridized carbons (Fsp3) is 0.154. The number of imidazole rings is 1. The number of unbranched alkanes of at least 4 members (excludes halogenated alkanes) is 1. The standard InChI is InChI=1S/C26H24N4O/c1-2-3-16-31-20-11-6-10-19(17-20)23-24-25(27)28-14-15-30(24)26(29-23)22-13-7-9-18-8-4-5-12-21(18)22/h4-15,17H,2-3,16H2,1H3,(H2,27,28). The molecule has 0 unspecified atom stereocenters. The number of rotatable bonds is 6. The van der Waals surface area contributed by atoms with Crippen molar-refractivity contribution >= 4 is 22.1 Å². The van der Waals surface area contributed by atoms with Gasteiger partial charge in [0, 0.05) is 23.5 Å². The molecule has 2 N–H and O–H groups in total. The molecule has 2 heterocycles. The number of hydrogen-bond acceptors (Lipinski definition) is 4. The van der Waals surface area contributed by atoms with Gasteiger partial charge in [-0.3, -0.25) is 4.40 Å². The fourth-order valence-electron chi connectivity index (χ4n) is 3.94. The Kier molecular flexibility index (Phi) is 5.00. The molecule has 154 valence electrons. The lowest BCUT2D eigenvalue weighted by Gasteiger charge is -2.07. The van der Waals surface area contributed by atoms with Gasteiger partial charge in [-0.05, 0) is 29.3 Å². The van der Waals surface area contributed by atoms with Crippen LogP contribution in [0.1, 0.15) is 19.8 Å². The van der Waals surface area contributed by atoms with E-state index in [-0.39, 0.29) is 0 Å². The molecular weight excluding hydrogens is 384 g/mol. The van der Waals surface area contributed by atoms with Gasteiger partial charge in [-0.1, -0.05) is 67.9 Å². The Labute approximate surface area is 181 Å². The normalized spacial score (nSPS) is 11.3. The van der Waals surface area contributed by atoms with Crippen molar-refractivity contribution in [1.82, 2.24) is 14.4 Å². The molecule has 0 spiro atoms. The van der Waals surface area contributed by atoms with Gasteiger partial charge in [0.05, 0.1) is 6.61 Å². The molecule has 0 aliphatic heterocycles. The second-order valence-corrected chi connectivity index (χ2v) is 7.57. The zero-order chi connectivity index (χ0) is 21.2. The van der Waals surface area contributed by atoms with Crippen LogP contribution in [0.4, 0.5) is 5.82 Å². The second-order valence-electron chi connectivity index (χ2n) is 7.57. The van der Waals surface area contributed by atoms with Crippen LogP contribution in [0.5, 0.6) is 5.75 Å². The van der Waals surface area contributed by atoms with Gasteiger partial charge in [0.25, 0.3) is 0 Å². The van der Waals surface area contributed by atoms with Gasteiger partial charge in [0.2, 0.25) is 0 Å². The van der Waals surface area contributed by atoms with E-state index in [1.54, 1.807) is 6.20 Å². The van der Waals surface area contributed by atoms with Gasteiger partial charge in [-0.2, -0.15) is 0 Å². The van der Waals surface area contributed by atoms with Crippen LogP contribution < -0.4 is 10.5 Å². The molecule has 3 aromatic carbocycles. The summed E-state index contributed by atoms with van der Waals surface area (Å²) in [6, 6.07) is 22.6. The summed E-state index contributed by atoms with van der Waals surface area (Å²) in [6.07, 6.45) is 5.76. The minimum atomic E-state index is 0.453. The van der Waals surface area contributed by atoms with E-state index in [1.807, 2.05) is 40.9 Å². The molecule has 0 fully saturated rings. The van der Waals surface area contributed by atoms with Crippen molar-refractivity contribution in [3.05, 3.63) is 79.1 Å². The van der Waals surface area contributed by atoms with E-state index >= 15 is 0 Å². The monoisotopic (exact) mass is 408 g/mol. The van der Waals surface area contributed by atoms with Gasteiger partial charge in [0.15, 0.2) is 0 Å². The summed E-state index contributed by atoms with van der Waals surface area (Å²) in [6.45, 7) is 2.86. The quantitative estimate of drug-likeness (QED) is 0.351. The number of ether oxygens (including phenoxy) is 1. The molecule has 0 saturated heterocycles. The largest absolute Gasteiger partial charge is 0.494 e. The van der Waals surface area contributed by atoms with Crippen LogP contribution in [-0.2, 0) is 0 Å². The lowest BCUT2D eigenvalue weighted by atomic mass is 10.0. The number of fused-ring (bicyclic) bond motifs is 2. The van der Waals surface area contributed by atoms with E-state index in [9.17, 15) is 0 Å². The predicted molar refractivity (Wildman–Crippen MR) is 126 cm³/mol. The van der Waals surface area contributed by atoms with Gasteiger partial charge in [-0.15, -0.1) is 0 Å². The Bertz CT molecular complexity index is 1370. The summed E-state index contributed by atoms with van der Waals surface area (Å²) < 4.78 is 7.95. The predicted octanol–water partition coefficient (Wildman–Crippen LogP) is 5.98. The molecule has 0 radical (unpaired) electrons. The van der Waals surface area contributed by atoms with Crippen LogP contribution in [-0.4, -0.2) is 21.0 Å². The zero-order valence-corrected chi connectivity index (χ0v) is 17.5. The van der Waals surface area contributed by atoms with E-state index in [0.717, 1.165) is 52.1 Å². The molecule has 0 saturated carbocycles. The number of hydrogen-bond donors (Lipinski definition) is 1. The highest BCUT2D eigenvalue weighted by Gasteiger charge is 2.18. The molecule has 5 rings (SSSR count). The Morgan fingerprint density at radius 1 is 1.00 bits per heavy atom. The maximum absolute atomic E-state index is 6.33. The molecule has 31 heavy (non-hydrogen) atoms. The summed E-state index contributed by atoms with van der Waals surface area (Å²) in [7, 11) is 0. The third-order valence-corrected chi connectivity index (χ3v) is 5.49. The van der Waals surface area contributed by atoms with Crippen molar-refractivity contribution in [3.8, 4) is 28.4 Å². The molecule has 5 aromatic rings. The SMILES string of the molecule is CCCCOc1cccc(-c2nc(-c3cccc4ccccc34)n3ccnc(N)c23)c1. The summed E-state index contributed by atoms with van der Waals surface area (Å²) in [5.74, 6) is 2.13. The summed E-state index contributed by atoms with van der Waals surface area (Å²) in [5.41, 5.74) is 9.95. The third kappa shape index (κ3) is 3.48. The molecule has 5 nitrogen and oxygen atoms in total. The molecule has 0 amide bonds. The van der Waals surface area contributed by atoms with E-state index in [4.69, 9.17) is 15.5 Å². The Morgan fingerprint density at radius 2 is 1.84 bits per heavy atom. The van der Waals surface area contributed by atoms with Crippen LogP contribution >= 0.6 is 0 Å². The maximum atomic E-state index is 6.33. The second kappa shape index (κ2) is 8.11. The smallest absolute Gasteiger partial charge is 0.150 e. The van der Waals surface area contributed by atoms with Gasteiger partial charge in [0.1, 0.15) is 28.6 Å². The van der Waals surface area contributed by atoms with Gasteiger partial charge < -0.3 is 10.5 Å².